The van der Waals surface area contributed by atoms with E-state index in [0.29, 0.717) is 11.6 Å². The average molecular weight is 334 g/mol. The van der Waals surface area contributed by atoms with Crippen LogP contribution in [0.5, 0.6) is 0 Å². The summed E-state index contributed by atoms with van der Waals surface area (Å²) in [4.78, 5) is 2.07. The van der Waals surface area contributed by atoms with E-state index in [2.05, 4.69) is 4.90 Å². The van der Waals surface area contributed by atoms with Crippen LogP contribution in [0, 0.1) is 0 Å². The van der Waals surface area contributed by atoms with Crippen LogP contribution in [0.1, 0.15) is 5.56 Å². The van der Waals surface area contributed by atoms with Gasteiger partial charge in [0.1, 0.15) is 0 Å². The lowest BCUT2D eigenvalue weighted by atomic mass is 10.1. The monoisotopic (exact) mass is 333 g/mol. The fourth-order valence-corrected chi connectivity index (χ4v) is 4.08. The van der Waals surface area contributed by atoms with Crippen LogP contribution in [0.25, 0.3) is 0 Å². The SMILES string of the molecule is O=S1(=O)C=C[C@H](N(Cc2ccccc2Cl)c2ccccc2)C1. The summed E-state index contributed by atoms with van der Waals surface area (Å²) in [5.41, 5.74) is 1.96. The number of sulfone groups is 1. The highest BCUT2D eigenvalue weighted by Gasteiger charge is 2.27. The summed E-state index contributed by atoms with van der Waals surface area (Å²) in [6, 6.07) is 17.3. The van der Waals surface area contributed by atoms with Crippen molar-refractivity contribution in [3.63, 3.8) is 0 Å². The molecule has 0 radical (unpaired) electrons. The molecule has 1 aliphatic heterocycles. The second-order valence-corrected chi connectivity index (χ2v) is 7.62. The normalized spacial score (nSPS) is 19.2. The number of hydrogen-bond donors (Lipinski definition) is 0. The predicted octanol–water partition coefficient (Wildman–Crippen LogP) is 3.66. The molecule has 1 atom stereocenters. The van der Waals surface area contributed by atoms with Crippen LogP contribution in [0.3, 0.4) is 0 Å². The fraction of sp³-hybridized carbons (Fsp3) is 0.176. The zero-order chi connectivity index (χ0) is 15.6. The van der Waals surface area contributed by atoms with E-state index in [1.54, 1.807) is 6.08 Å². The number of halogens is 1. The van der Waals surface area contributed by atoms with Crippen molar-refractivity contribution < 1.29 is 8.42 Å². The van der Waals surface area contributed by atoms with Crippen molar-refractivity contribution in [2.45, 2.75) is 12.6 Å². The summed E-state index contributed by atoms with van der Waals surface area (Å²) in [5, 5.41) is 1.99. The average Bonchev–Trinajstić information content (AvgIpc) is 2.87. The molecule has 0 spiro atoms. The summed E-state index contributed by atoms with van der Waals surface area (Å²) in [6.45, 7) is 0.564. The number of rotatable bonds is 4. The van der Waals surface area contributed by atoms with Crippen molar-refractivity contribution in [3.05, 3.63) is 76.7 Å². The first kappa shape index (κ1) is 15.1. The Bertz CT molecular complexity index is 787. The van der Waals surface area contributed by atoms with Gasteiger partial charge in [-0.3, -0.25) is 0 Å². The molecule has 0 aliphatic carbocycles. The maximum atomic E-state index is 11.8. The van der Waals surface area contributed by atoms with E-state index in [0.717, 1.165) is 11.3 Å². The summed E-state index contributed by atoms with van der Waals surface area (Å²) < 4.78 is 23.5. The van der Waals surface area contributed by atoms with E-state index in [4.69, 9.17) is 11.6 Å². The van der Waals surface area contributed by atoms with Crippen LogP contribution in [0.2, 0.25) is 5.02 Å². The van der Waals surface area contributed by atoms with Crippen LogP contribution >= 0.6 is 11.6 Å². The molecule has 0 saturated carbocycles. The van der Waals surface area contributed by atoms with Gasteiger partial charge in [-0.2, -0.15) is 0 Å². The molecular weight excluding hydrogens is 318 g/mol. The van der Waals surface area contributed by atoms with Gasteiger partial charge in [-0.1, -0.05) is 48.0 Å². The van der Waals surface area contributed by atoms with E-state index in [1.807, 2.05) is 54.6 Å². The van der Waals surface area contributed by atoms with Gasteiger partial charge in [0.25, 0.3) is 0 Å². The molecule has 0 bridgehead atoms. The standard InChI is InChI=1S/C17H16ClNO2S/c18-17-9-5-4-6-14(17)12-19(15-7-2-1-3-8-15)16-10-11-22(20,21)13-16/h1-11,16H,12-13H2/t16-/m0/s1. The van der Waals surface area contributed by atoms with Crippen molar-refractivity contribution in [1.82, 2.24) is 0 Å². The molecule has 22 heavy (non-hydrogen) atoms. The molecule has 0 amide bonds. The number of benzene rings is 2. The smallest absolute Gasteiger partial charge is 0.173 e. The quantitative estimate of drug-likeness (QED) is 0.857. The van der Waals surface area contributed by atoms with Gasteiger partial charge in [-0.05, 0) is 29.8 Å². The van der Waals surface area contributed by atoms with Crippen LogP contribution in [0.4, 0.5) is 5.69 Å². The Balaban J connectivity index is 1.94. The van der Waals surface area contributed by atoms with Gasteiger partial charge < -0.3 is 4.90 Å². The van der Waals surface area contributed by atoms with Gasteiger partial charge in [-0.25, -0.2) is 8.42 Å². The topological polar surface area (TPSA) is 37.4 Å². The third kappa shape index (κ3) is 3.34. The van der Waals surface area contributed by atoms with Crippen molar-refractivity contribution in [2.24, 2.45) is 0 Å². The van der Waals surface area contributed by atoms with Gasteiger partial charge in [-0.15, -0.1) is 0 Å². The highest BCUT2D eigenvalue weighted by molar-refractivity contribution is 7.94. The summed E-state index contributed by atoms with van der Waals surface area (Å²) in [5.74, 6) is 0.104. The molecule has 3 rings (SSSR count). The number of anilines is 1. The molecule has 0 unspecified atom stereocenters. The second kappa shape index (κ2) is 6.15. The van der Waals surface area contributed by atoms with Crippen LogP contribution in [-0.2, 0) is 16.4 Å². The molecule has 3 nitrogen and oxygen atoms in total. The molecule has 5 heteroatoms. The highest BCUT2D eigenvalue weighted by atomic mass is 35.5. The van der Waals surface area contributed by atoms with E-state index in [1.165, 1.54) is 5.41 Å². The Kier molecular flexibility index (Phi) is 4.23. The zero-order valence-corrected chi connectivity index (χ0v) is 13.5. The van der Waals surface area contributed by atoms with Crippen LogP contribution in [0.15, 0.2) is 66.1 Å². The molecule has 1 heterocycles. The van der Waals surface area contributed by atoms with Gasteiger partial charge in [0.15, 0.2) is 9.84 Å². The Hall–Kier alpha value is -1.78. The van der Waals surface area contributed by atoms with Gasteiger partial charge >= 0.3 is 0 Å². The van der Waals surface area contributed by atoms with E-state index in [9.17, 15) is 8.42 Å². The van der Waals surface area contributed by atoms with Gasteiger partial charge in [0, 0.05) is 22.7 Å². The third-order valence-electron chi connectivity index (χ3n) is 3.70. The van der Waals surface area contributed by atoms with Crippen molar-refractivity contribution in [3.8, 4) is 0 Å². The highest BCUT2D eigenvalue weighted by Crippen LogP contribution is 2.26. The second-order valence-electron chi connectivity index (χ2n) is 5.28. The van der Waals surface area contributed by atoms with Crippen molar-refractivity contribution in [1.29, 1.82) is 0 Å². The summed E-state index contributed by atoms with van der Waals surface area (Å²) >= 11 is 6.26. The molecule has 0 fully saturated rings. The maximum Gasteiger partial charge on any atom is 0.173 e. The van der Waals surface area contributed by atoms with Gasteiger partial charge in [0.05, 0.1) is 11.8 Å². The molecular formula is C17H16ClNO2S. The first-order chi connectivity index (χ1) is 10.6. The maximum absolute atomic E-state index is 11.8. The zero-order valence-electron chi connectivity index (χ0n) is 11.9. The first-order valence-corrected chi connectivity index (χ1v) is 9.10. The first-order valence-electron chi connectivity index (χ1n) is 7.01. The molecule has 114 valence electrons. The largest absolute Gasteiger partial charge is 0.360 e. The lowest BCUT2D eigenvalue weighted by molar-refractivity contribution is 0.601. The molecule has 2 aromatic carbocycles. The Labute approximate surface area is 135 Å². The fourth-order valence-electron chi connectivity index (χ4n) is 2.58. The van der Waals surface area contributed by atoms with Crippen LogP contribution in [-0.4, -0.2) is 20.2 Å². The minimum absolute atomic E-state index is 0.104. The Morgan fingerprint density at radius 1 is 1.05 bits per heavy atom. The third-order valence-corrected chi connectivity index (χ3v) is 5.44. The predicted molar refractivity (Wildman–Crippen MR) is 90.8 cm³/mol. The van der Waals surface area contributed by atoms with Crippen LogP contribution < -0.4 is 4.90 Å². The van der Waals surface area contributed by atoms with E-state index in [-0.39, 0.29) is 11.8 Å². The summed E-state index contributed by atoms with van der Waals surface area (Å²) in [7, 11) is -3.11. The lowest BCUT2D eigenvalue weighted by Gasteiger charge is -2.30. The van der Waals surface area contributed by atoms with Gasteiger partial charge in [0.2, 0.25) is 0 Å². The van der Waals surface area contributed by atoms with Crippen molar-refractivity contribution >= 4 is 27.1 Å². The Morgan fingerprint density at radius 3 is 2.36 bits per heavy atom. The number of nitrogens with zero attached hydrogens (tertiary/aromatic N) is 1. The van der Waals surface area contributed by atoms with E-state index >= 15 is 0 Å². The Morgan fingerprint density at radius 2 is 1.73 bits per heavy atom. The number of para-hydroxylation sites is 1. The molecule has 0 saturated heterocycles. The summed E-state index contributed by atoms with van der Waals surface area (Å²) in [6.07, 6.45) is 1.75. The minimum atomic E-state index is -3.11. The molecule has 1 aliphatic rings. The minimum Gasteiger partial charge on any atom is -0.360 e. The van der Waals surface area contributed by atoms with E-state index < -0.39 is 9.84 Å². The molecule has 0 aromatic heterocycles. The lowest BCUT2D eigenvalue weighted by Crippen LogP contribution is -2.35. The molecule has 0 N–H and O–H groups in total. The number of hydrogen-bond acceptors (Lipinski definition) is 3. The van der Waals surface area contributed by atoms with Crippen molar-refractivity contribution in [2.75, 3.05) is 10.7 Å². The molecule has 2 aromatic rings.